The lowest BCUT2D eigenvalue weighted by Crippen LogP contribution is -2.28. The third-order valence-corrected chi connectivity index (χ3v) is 3.25. The highest BCUT2D eigenvalue weighted by Gasteiger charge is 2.23. The topological polar surface area (TPSA) is 50.7 Å². The molecule has 1 unspecified atom stereocenters. The van der Waals surface area contributed by atoms with Crippen LogP contribution in [-0.2, 0) is 0 Å². The minimum atomic E-state index is 0.259. The lowest BCUT2D eigenvalue weighted by molar-refractivity contribution is 0.364. The average Bonchev–Trinajstić information content (AvgIpc) is 2.38. The molecule has 0 aromatic heterocycles. The summed E-state index contributed by atoms with van der Waals surface area (Å²) in [6.45, 7) is 1.94. The molecule has 1 aliphatic heterocycles. The summed E-state index contributed by atoms with van der Waals surface area (Å²) in [7, 11) is 3.20. The molecule has 0 aliphatic carbocycles. The van der Waals surface area contributed by atoms with Gasteiger partial charge in [-0.1, -0.05) is 0 Å². The van der Waals surface area contributed by atoms with E-state index in [0.29, 0.717) is 17.4 Å². The van der Waals surface area contributed by atoms with Crippen molar-refractivity contribution in [3.8, 4) is 17.2 Å². The Morgan fingerprint density at radius 3 is 2.71 bits per heavy atom. The van der Waals surface area contributed by atoms with E-state index < -0.39 is 0 Å². The Morgan fingerprint density at radius 1 is 1.29 bits per heavy atom. The van der Waals surface area contributed by atoms with Crippen LogP contribution in [0.2, 0.25) is 0 Å². The summed E-state index contributed by atoms with van der Waals surface area (Å²) in [4.78, 5) is 0. The summed E-state index contributed by atoms with van der Waals surface area (Å²) < 4.78 is 10.5. The first-order valence-electron chi connectivity index (χ1n) is 5.92. The fourth-order valence-electron chi connectivity index (χ4n) is 2.38. The Labute approximate surface area is 102 Å². The molecule has 94 valence electrons. The van der Waals surface area contributed by atoms with Gasteiger partial charge in [0.1, 0.15) is 17.2 Å². The molecule has 1 aromatic rings. The highest BCUT2D eigenvalue weighted by Crippen LogP contribution is 2.40. The average molecular weight is 237 g/mol. The van der Waals surface area contributed by atoms with Crippen molar-refractivity contribution in [1.29, 1.82) is 0 Å². The Hall–Kier alpha value is -1.42. The van der Waals surface area contributed by atoms with Crippen molar-refractivity contribution in [2.24, 2.45) is 0 Å². The Balaban J connectivity index is 2.36. The van der Waals surface area contributed by atoms with Gasteiger partial charge in [0.25, 0.3) is 0 Å². The predicted molar refractivity (Wildman–Crippen MR) is 66.1 cm³/mol. The van der Waals surface area contributed by atoms with Crippen LogP contribution in [0.4, 0.5) is 0 Å². The van der Waals surface area contributed by atoms with E-state index >= 15 is 0 Å². The number of nitrogens with one attached hydrogen (secondary N) is 1. The number of rotatable bonds is 3. The van der Waals surface area contributed by atoms with E-state index in [2.05, 4.69) is 5.32 Å². The second-order valence-electron chi connectivity index (χ2n) is 4.31. The standard InChI is InChI=1S/C13H19NO3/c1-16-10-6-11(15)13(12(7-10)17-2)9-4-3-5-14-8-9/h6-7,9,14-15H,3-5,8H2,1-2H3. The molecule has 1 aromatic carbocycles. The van der Waals surface area contributed by atoms with E-state index in [4.69, 9.17) is 9.47 Å². The number of aromatic hydroxyl groups is 1. The maximum absolute atomic E-state index is 10.1. The molecule has 1 heterocycles. The number of hydrogen-bond donors (Lipinski definition) is 2. The lowest BCUT2D eigenvalue weighted by Gasteiger charge is -2.25. The zero-order chi connectivity index (χ0) is 12.3. The van der Waals surface area contributed by atoms with Crippen LogP contribution in [0, 0.1) is 0 Å². The first-order valence-corrected chi connectivity index (χ1v) is 5.92. The maximum Gasteiger partial charge on any atom is 0.129 e. The van der Waals surface area contributed by atoms with Crippen LogP contribution in [0.15, 0.2) is 12.1 Å². The molecule has 1 atom stereocenters. The molecule has 1 aliphatic rings. The lowest BCUT2D eigenvalue weighted by atomic mass is 9.90. The number of phenolic OH excluding ortho intramolecular Hbond substituents is 1. The van der Waals surface area contributed by atoms with Gasteiger partial charge in [-0.3, -0.25) is 0 Å². The van der Waals surface area contributed by atoms with Crippen LogP contribution in [0.5, 0.6) is 17.2 Å². The molecule has 0 saturated carbocycles. The summed E-state index contributed by atoms with van der Waals surface area (Å²) in [6, 6.07) is 3.47. The number of piperidine rings is 1. The van der Waals surface area contributed by atoms with Crippen molar-refractivity contribution in [3.05, 3.63) is 17.7 Å². The summed E-state index contributed by atoms with van der Waals surface area (Å²) in [6.07, 6.45) is 2.20. The second kappa shape index (κ2) is 5.27. The molecule has 1 fully saturated rings. The van der Waals surface area contributed by atoms with Crippen LogP contribution < -0.4 is 14.8 Å². The largest absolute Gasteiger partial charge is 0.507 e. The number of methoxy groups -OCH3 is 2. The van der Waals surface area contributed by atoms with E-state index in [1.54, 1.807) is 20.3 Å². The first kappa shape index (κ1) is 12.0. The summed E-state index contributed by atoms with van der Waals surface area (Å²) >= 11 is 0. The van der Waals surface area contributed by atoms with Gasteiger partial charge in [-0.05, 0) is 19.4 Å². The minimum Gasteiger partial charge on any atom is -0.507 e. The van der Waals surface area contributed by atoms with Gasteiger partial charge in [0.2, 0.25) is 0 Å². The summed E-state index contributed by atoms with van der Waals surface area (Å²) in [5.74, 6) is 1.89. The SMILES string of the molecule is COc1cc(O)c(C2CCCNC2)c(OC)c1. The summed E-state index contributed by atoms with van der Waals surface area (Å²) in [5.41, 5.74) is 0.889. The molecule has 0 bridgehead atoms. The van der Waals surface area contributed by atoms with Crippen LogP contribution in [0.25, 0.3) is 0 Å². The Kier molecular flexibility index (Phi) is 3.74. The zero-order valence-corrected chi connectivity index (χ0v) is 10.3. The first-order chi connectivity index (χ1) is 8.26. The summed E-state index contributed by atoms with van der Waals surface area (Å²) in [5, 5.41) is 13.4. The molecule has 0 radical (unpaired) electrons. The smallest absolute Gasteiger partial charge is 0.129 e. The van der Waals surface area contributed by atoms with Crippen molar-refractivity contribution in [2.75, 3.05) is 27.3 Å². The molecule has 0 spiro atoms. The van der Waals surface area contributed by atoms with Gasteiger partial charge in [-0.25, -0.2) is 0 Å². The van der Waals surface area contributed by atoms with E-state index in [-0.39, 0.29) is 5.75 Å². The van der Waals surface area contributed by atoms with Crippen LogP contribution in [-0.4, -0.2) is 32.4 Å². The van der Waals surface area contributed by atoms with Gasteiger partial charge in [-0.15, -0.1) is 0 Å². The van der Waals surface area contributed by atoms with Gasteiger partial charge in [0, 0.05) is 30.2 Å². The van der Waals surface area contributed by atoms with E-state index in [9.17, 15) is 5.11 Å². The Bertz CT molecular complexity index is 386. The van der Waals surface area contributed by atoms with Crippen LogP contribution in [0.3, 0.4) is 0 Å². The molecular weight excluding hydrogens is 218 g/mol. The monoisotopic (exact) mass is 237 g/mol. The molecule has 4 heteroatoms. The van der Waals surface area contributed by atoms with Gasteiger partial charge < -0.3 is 19.9 Å². The number of phenols is 1. The van der Waals surface area contributed by atoms with Crippen molar-refractivity contribution < 1.29 is 14.6 Å². The van der Waals surface area contributed by atoms with Gasteiger partial charge >= 0.3 is 0 Å². The molecule has 1 saturated heterocycles. The fraction of sp³-hybridized carbons (Fsp3) is 0.538. The third kappa shape index (κ3) is 2.47. The van der Waals surface area contributed by atoms with Crippen molar-refractivity contribution in [1.82, 2.24) is 5.32 Å². The zero-order valence-electron chi connectivity index (χ0n) is 10.3. The van der Waals surface area contributed by atoms with Crippen molar-refractivity contribution in [3.63, 3.8) is 0 Å². The van der Waals surface area contributed by atoms with E-state index in [1.165, 1.54) is 0 Å². The second-order valence-corrected chi connectivity index (χ2v) is 4.31. The number of hydrogen-bond acceptors (Lipinski definition) is 4. The molecule has 2 N–H and O–H groups in total. The Morgan fingerprint density at radius 2 is 2.12 bits per heavy atom. The highest BCUT2D eigenvalue weighted by atomic mass is 16.5. The molecular formula is C13H19NO3. The molecule has 0 amide bonds. The van der Waals surface area contributed by atoms with E-state index in [1.807, 2.05) is 6.07 Å². The fourth-order valence-corrected chi connectivity index (χ4v) is 2.38. The van der Waals surface area contributed by atoms with Crippen LogP contribution >= 0.6 is 0 Å². The maximum atomic E-state index is 10.1. The molecule has 4 nitrogen and oxygen atoms in total. The normalized spacial score (nSPS) is 20.0. The number of benzene rings is 1. The highest BCUT2D eigenvalue weighted by molar-refractivity contribution is 5.52. The van der Waals surface area contributed by atoms with E-state index in [0.717, 1.165) is 31.5 Å². The minimum absolute atomic E-state index is 0.259. The van der Waals surface area contributed by atoms with Gasteiger partial charge in [0.15, 0.2) is 0 Å². The predicted octanol–water partition coefficient (Wildman–Crippen LogP) is 1.88. The molecule has 2 rings (SSSR count). The van der Waals surface area contributed by atoms with Crippen LogP contribution in [0.1, 0.15) is 24.3 Å². The van der Waals surface area contributed by atoms with Crippen molar-refractivity contribution >= 4 is 0 Å². The quantitative estimate of drug-likeness (QED) is 0.842. The third-order valence-electron chi connectivity index (χ3n) is 3.25. The van der Waals surface area contributed by atoms with Crippen molar-refractivity contribution in [2.45, 2.75) is 18.8 Å². The molecule has 17 heavy (non-hydrogen) atoms. The van der Waals surface area contributed by atoms with Gasteiger partial charge in [0.05, 0.1) is 14.2 Å². The van der Waals surface area contributed by atoms with Gasteiger partial charge in [-0.2, -0.15) is 0 Å². The number of ether oxygens (including phenoxy) is 2.